The summed E-state index contributed by atoms with van der Waals surface area (Å²) in [6.07, 6.45) is 9.17. The van der Waals surface area contributed by atoms with Crippen LogP contribution in [0, 0.1) is 0 Å². The Morgan fingerprint density at radius 1 is 1.09 bits per heavy atom. The largest absolute Gasteiger partial charge is 0.0991 e. The lowest BCUT2D eigenvalue weighted by Gasteiger charge is -2.29. The van der Waals surface area contributed by atoms with Gasteiger partial charge in [-0.3, -0.25) is 0 Å². The van der Waals surface area contributed by atoms with E-state index >= 15 is 0 Å². The molecule has 0 bridgehead atoms. The molecule has 0 radical (unpaired) electrons. The second-order valence-electron chi connectivity index (χ2n) is 6.00. The molecule has 114 valence electrons. The molecule has 1 aliphatic carbocycles. The van der Waals surface area contributed by atoms with Gasteiger partial charge in [-0.1, -0.05) is 91.6 Å². The van der Waals surface area contributed by atoms with Gasteiger partial charge in [-0.2, -0.15) is 0 Å². The molecule has 1 aliphatic rings. The van der Waals surface area contributed by atoms with Gasteiger partial charge in [-0.05, 0) is 41.2 Å². The summed E-state index contributed by atoms with van der Waals surface area (Å²) in [5.74, 6) is 0.242. The minimum Gasteiger partial charge on any atom is -0.0991 e. The number of rotatable bonds is 4. The fourth-order valence-electron chi connectivity index (χ4n) is 3.38. The summed E-state index contributed by atoms with van der Waals surface area (Å²) in [6, 6.07) is 17.3. The highest BCUT2D eigenvalue weighted by atomic mass is 14.3. The Morgan fingerprint density at radius 2 is 1.87 bits per heavy atom. The van der Waals surface area contributed by atoms with Gasteiger partial charge in [0.05, 0.1) is 0 Å². The number of hydrogen-bond acceptors (Lipinski definition) is 0. The van der Waals surface area contributed by atoms with Crippen molar-refractivity contribution in [3.05, 3.63) is 108 Å². The summed E-state index contributed by atoms with van der Waals surface area (Å²) < 4.78 is 0. The molecule has 23 heavy (non-hydrogen) atoms. The Hall–Kier alpha value is -2.60. The van der Waals surface area contributed by atoms with E-state index in [1.54, 1.807) is 6.08 Å². The molecule has 0 nitrogen and oxygen atoms in total. The molecule has 0 fully saturated rings. The molecular weight excluding hydrogens is 276 g/mol. The van der Waals surface area contributed by atoms with Crippen LogP contribution >= 0.6 is 0 Å². The van der Waals surface area contributed by atoms with Crippen LogP contribution in [-0.2, 0) is 6.42 Å². The Morgan fingerprint density at radius 3 is 2.61 bits per heavy atom. The predicted octanol–water partition coefficient (Wildman–Crippen LogP) is 6.24. The predicted molar refractivity (Wildman–Crippen MR) is 101 cm³/mol. The summed E-state index contributed by atoms with van der Waals surface area (Å²) in [5.41, 5.74) is 7.87. The van der Waals surface area contributed by atoms with Crippen LogP contribution in [0.25, 0.3) is 11.1 Å². The van der Waals surface area contributed by atoms with Crippen molar-refractivity contribution in [2.45, 2.75) is 19.3 Å². The van der Waals surface area contributed by atoms with Crippen molar-refractivity contribution in [3.63, 3.8) is 0 Å². The first-order chi connectivity index (χ1) is 11.2. The zero-order valence-electron chi connectivity index (χ0n) is 13.6. The third-order valence-corrected chi connectivity index (χ3v) is 4.49. The molecule has 0 saturated carbocycles. The number of fused-ring (bicyclic) bond motifs is 1. The third-order valence-electron chi connectivity index (χ3n) is 4.49. The van der Waals surface area contributed by atoms with E-state index < -0.39 is 0 Å². The highest BCUT2D eigenvalue weighted by molar-refractivity contribution is 5.72. The van der Waals surface area contributed by atoms with E-state index in [1.165, 1.54) is 27.8 Å². The van der Waals surface area contributed by atoms with Gasteiger partial charge in [-0.25, -0.2) is 0 Å². The maximum atomic E-state index is 4.32. The van der Waals surface area contributed by atoms with Crippen molar-refractivity contribution in [1.82, 2.24) is 0 Å². The van der Waals surface area contributed by atoms with E-state index in [4.69, 9.17) is 0 Å². The molecular formula is C23H22. The molecule has 2 aromatic carbocycles. The van der Waals surface area contributed by atoms with E-state index in [2.05, 4.69) is 80.8 Å². The minimum absolute atomic E-state index is 0.242. The number of allylic oxidation sites excluding steroid dienone is 6. The van der Waals surface area contributed by atoms with Gasteiger partial charge in [0.15, 0.2) is 0 Å². The summed E-state index contributed by atoms with van der Waals surface area (Å²) in [4.78, 5) is 0. The van der Waals surface area contributed by atoms with E-state index in [1.807, 2.05) is 6.08 Å². The summed E-state index contributed by atoms with van der Waals surface area (Å²) in [5, 5.41) is 0. The zero-order valence-corrected chi connectivity index (χ0v) is 13.6. The molecule has 0 heteroatoms. The van der Waals surface area contributed by atoms with Crippen molar-refractivity contribution < 1.29 is 0 Å². The van der Waals surface area contributed by atoms with Gasteiger partial charge < -0.3 is 0 Å². The molecule has 0 aromatic heterocycles. The van der Waals surface area contributed by atoms with Gasteiger partial charge in [0.2, 0.25) is 0 Å². The van der Waals surface area contributed by atoms with Crippen LogP contribution in [0.15, 0.2) is 97.1 Å². The average molecular weight is 298 g/mol. The van der Waals surface area contributed by atoms with Gasteiger partial charge >= 0.3 is 0 Å². The maximum absolute atomic E-state index is 4.32. The standard InChI is InChI=1S/C23H22/c1-4-5-10-17(2)22-18(3)15-16-20-13-9-14-21(23(20)22)19-11-7-6-8-12-19/h4-15,22H,1-2,16H2,3H3/b10-5-. The topological polar surface area (TPSA) is 0 Å². The number of benzene rings is 2. The zero-order chi connectivity index (χ0) is 16.2. The smallest absolute Gasteiger partial charge is 0.0299 e. The molecule has 1 atom stereocenters. The fourth-order valence-corrected chi connectivity index (χ4v) is 3.38. The second-order valence-corrected chi connectivity index (χ2v) is 6.00. The monoisotopic (exact) mass is 298 g/mol. The molecule has 0 N–H and O–H groups in total. The van der Waals surface area contributed by atoms with E-state index in [0.29, 0.717) is 0 Å². The molecule has 2 aromatic rings. The van der Waals surface area contributed by atoms with E-state index in [-0.39, 0.29) is 5.92 Å². The Labute approximate surface area is 139 Å². The van der Waals surface area contributed by atoms with Gasteiger partial charge in [0, 0.05) is 5.92 Å². The molecule has 1 unspecified atom stereocenters. The van der Waals surface area contributed by atoms with Gasteiger partial charge in [0.25, 0.3) is 0 Å². The molecule has 0 saturated heterocycles. The van der Waals surface area contributed by atoms with Crippen molar-refractivity contribution in [3.8, 4) is 11.1 Å². The van der Waals surface area contributed by atoms with Gasteiger partial charge in [0.1, 0.15) is 0 Å². The van der Waals surface area contributed by atoms with Crippen LogP contribution in [0.5, 0.6) is 0 Å². The summed E-state index contributed by atoms with van der Waals surface area (Å²) >= 11 is 0. The quantitative estimate of drug-likeness (QED) is 0.463. The van der Waals surface area contributed by atoms with Crippen LogP contribution < -0.4 is 0 Å². The maximum Gasteiger partial charge on any atom is 0.0299 e. The van der Waals surface area contributed by atoms with E-state index in [0.717, 1.165) is 12.0 Å². The average Bonchev–Trinajstić information content (AvgIpc) is 2.60. The normalized spacial score (nSPS) is 16.7. The lowest BCUT2D eigenvalue weighted by atomic mass is 9.75. The SMILES string of the molecule is C=C/C=C\C(=C)C1C(C)=CCc2cccc(-c3ccccc3)c21. The first-order valence-corrected chi connectivity index (χ1v) is 8.04. The molecule has 0 amide bonds. The second kappa shape index (κ2) is 6.66. The fraction of sp³-hybridized carbons (Fsp3) is 0.130. The van der Waals surface area contributed by atoms with E-state index in [9.17, 15) is 0 Å². The van der Waals surface area contributed by atoms with Crippen LogP contribution in [0.4, 0.5) is 0 Å². The Kier molecular flexibility index (Phi) is 4.43. The van der Waals surface area contributed by atoms with Crippen molar-refractivity contribution in [2.24, 2.45) is 0 Å². The minimum atomic E-state index is 0.242. The highest BCUT2D eigenvalue weighted by Gasteiger charge is 2.25. The highest BCUT2D eigenvalue weighted by Crippen LogP contribution is 2.42. The molecule has 0 aliphatic heterocycles. The lowest BCUT2D eigenvalue weighted by molar-refractivity contribution is 0.889. The summed E-state index contributed by atoms with van der Waals surface area (Å²) in [7, 11) is 0. The van der Waals surface area contributed by atoms with Crippen molar-refractivity contribution >= 4 is 0 Å². The lowest BCUT2D eigenvalue weighted by Crippen LogP contribution is -2.12. The molecule has 0 heterocycles. The molecule has 0 spiro atoms. The van der Waals surface area contributed by atoms with Crippen LogP contribution in [0.1, 0.15) is 24.0 Å². The molecule has 3 rings (SSSR count). The Bertz CT molecular complexity index is 788. The van der Waals surface area contributed by atoms with Crippen LogP contribution in [-0.4, -0.2) is 0 Å². The van der Waals surface area contributed by atoms with Crippen molar-refractivity contribution in [1.29, 1.82) is 0 Å². The summed E-state index contributed by atoms with van der Waals surface area (Å²) in [6.45, 7) is 10.3. The van der Waals surface area contributed by atoms with Crippen LogP contribution in [0.3, 0.4) is 0 Å². The van der Waals surface area contributed by atoms with Crippen molar-refractivity contribution in [2.75, 3.05) is 0 Å². The van der Waals surface area contributed by atoms with Gasteiger partial charge in [-0.15, -0.1) is 0 Å². The first kappa shape index (κ1) is 15.3. The first-order valence-electron chi connectivity index (χ1n) is 8.04. The number of hydrogen-bond donors (Lipinski definition) is 0. The third kappa shape index (κ3) is 2.98. The Balaban J connectivity index is 2.17. The van der Waals surface area contributed by atoms with Crippen LogP contribution in [0.2, 0.25) is 0 Å².